The minimum absolute atomic E-state index is 0. The van der Waals surface area contributed by atoms with Gasteiger partial charge in [-0.3, -0.25) is 0 Å². The van der Waals surface area contributed by atoms with E-state index >= 15 is 0 Å². The number of pyridine rings is 1. The van der Waals surface area contributed by atoms with Crippen molar-refractivity contribution in [3.8, 4) is 0 Å². The van der Waals surface area contributed by atoms with Gasteiger partial charge in [0.05, 0.1) is 0 Å². The van der Waals surface area contributed by atoms with Gasteiger partial charge in [-0.15, -0.1) is 12.1 Å². The van der Waals surface area contributed by atoms with E-state index in [-0.39, 0.29) is 19.5 Å². The van der Waals surface area contributed by atoms with Gasteiger partial charge in [0.1, 0.15) is 0 Å². The molecule has 0 saturated heterocycles. The van der Waals surface area contributed by atoms with E-state index in [1.54, 1.807) is 6.20 Å². The van der Waals surface area contributed by atoms with Gasteiger partial charge in [-0.2, -0.15) is 0 Å². The monoisotopic (exact) mass is 185 g/mol. The summed E-state index contributed by atoms with van der Waals surface area (Å²) in [4.78, 5) is 5.79. The third kappa shape index (κ3) is 2.44. The Labute approximate surface area is 74.0 Å². The standard InChI is InChI=1S/C7H9N2.Zn/c1-9(2)7-3-5-8-6-4-7;/h3-5H,1-2H3;/q-1;. The van der Waals surface area contributed by atoms with E-state index in [9.17, 15) is 0 Å². The SMILES string of the molecule is CN(C)c1c[c-]ncc1.[Zn]. The number of rotatable bonds is 1. The van der Waals surface area contributed by atoms with E-state index in [0.717, 1.165) is 5.69 Å². The second-order valence-electron chi connectivity index (χ2n) is 2.04. The zero-order valence-corrected chi connectivity index (χ0v) is 9.30. The quantitative estimate of drug-likeness (QED) is 0.480. The first-order chi connectivity index (χ1) is 4.30. The number of hydrogen-bond donors (Lipinski definition) is 0. The molecule has 50 valence electrons. The van der Waals surface area contributed by atoms with Gasteiger partial charge in [0, 0.05) is 19.5 Å². The molecule has 1 heterocycles. The Morgan fingerprint density at radius 2 is 2.20 bits per heavy atom. The molecule has 0 aliphatic carbocycles. The van der Waals surface area contributed by atoms with Crippen LogP contribution in [0.15, 0.2) is 18.3 Å². The van der Waals surface area contributed by atoms with E-state index in [1.807, 2.05) is 31.1 Å². The number of hydrogen-bond acceptors (Lipinski definition) is 2. The maximum absolute atomic E-state index is 3.78. The predicted molar refractivity (Wildman–Crippen MR) is 37.4 cm³/mol. The first kappa shape index (κ1) is 9.57. The number of anilines is 1. The van der Waals surface area contributed by atoms with Crippen molar-refractivity contribution in [3.05, 3.63) is 24.5 Å². The normalized spacial score (nSPS) is 8.20. The van der Waals surface area contributed by atoms with Gasteiger partial charge in [0.25, 0.3) is 0 Å². The molecule has 0 radical (unpaired) electrons. The molecule has 1 rings (SSSR count). The van der Waals surface area contributed by atoms with Crippen LogP contribution in [0.1, 0.15) is 0 Å². The minimum Gasteiger partial charge on any atom is -0.429 e. The smallest absolute Gasteiger partial charge is 0 e. The van der Waals surface area contributed by atoms with Gasteiger partial charge in [-0.1, -0.05) is 18.1 Å². The van der Waals surface area contributed by atoms with Gasteiger partial charge in [0.2, 0.25) is 0 Å². The Balaban J connectivity index is 0.000000810. The van der Waals surface area contributed by atoms with Crippen LogP contribution in [0.5, 0.6) is 0 Å². The van der Waals surface area contributed by atoms with Crippen LogP contribution in [-0.2, 0) is 19.5 Å². The molecule has 2 nitrogen and oxygen atoms in total. The maximum Gasteiger partial charge on any atom is 0 e. The summed E-state index contributed by atoms with van der Waals surface area (Å²) in [5.41, 5.74) is 1.13. The van der Waals surface area contributed by atoms with Crippen LogP contribution in [0.25, 0.3) is 0 Å². The summed E-state index contributed by atoms with van der Waals surface area (Å²) < 4.78 is 0. The van der Waals surface area contributed by atoms with Crippen LogP contribution in [-0.4, -0.2) is 19.1 Å². The average Bonchev–Trinajstić information content (AvgIpc) is 1.90. The largest absolute Gasteiger partial charge is 0.429 e. The zero-order chi connectivity index (χ0) is 6.69. The Morgan fingerprint density at radius 1 is 1.50 bits per heavy atom. The summed E-state index contributed by atoms with van der Waals surface area (Å²) in [6.07, 6.45) is 4.48. The van der Waals surface area contributed by atoms with Crippen molar-refractivity contribution in [2.45, 2.75) is 0 Å². The molecule has 0 bridgehead atoms. The molecule has 0 N–H and O–H groups in total. The van der Waals surface area contributed by atoms with Crippen molar-refractivity contribution in [1.82, 2.24) is 4.98 Å². The summed E-state index contributed by atoms with van der Waals surface area (Å²) in [6, 6.07) is 3.79. The van der Waals surface area contributed by atoms with Crippen LogP contribution in [0.4, 0.5) is 5.69 Å². The molecule has 3 heteroatoms. The summed E-state index contributed by atoms with van der Waals surface area (Å²) in [6.45, 7) is 0. The number of aromatic nitrogens is 1. The molecule has 0 aromatic carbocycles. The molecular weight excluding hydrogens is 177 g/mol. The summed E-state index contributed by atoms with van der Waals surface area (Å²) in [5, 5.41) is 0. The number of nitrogens with zero attached hydrogens (tertiary/aromatic N) is 2. The minimum atomic E-state index is 0. The summed E-state index contributed by atoms with van der Waals surface area (Å²) >= 11 is 0. The van der Waals surface area contributed by atoms with Crippen molar-refractivity contribution in [3.63, 3.8) is 0 Å². The second-order valence-corrected chi connectivity index (χ2v) is 2.04. The molecule has 0 fully saturated rings. The fraction of sp³-hybridized carbons (Fsp3) is 0.286. The van der Waals surface area contributed by atoms with Crippen molar-refractivity contribution in [1.29, 1.82) is 0 Å². The van der Waals surface area contributed by atoms with Crippen LogP contribution < -0.4 is 4.90 Å². The Bertz CT molecular complexity index is 174. The molecular formula is C7H9N2Zn-. The molecule has 1 aromatic rings. The van der Waals surface area contributed by atoms with Crippen LogP contribution >= 0.6 is 0 Å². The van der Waals surface area contributed by atoms with Crippen LogP contribution in [0.3, 0.4) is 0 Å². The van der Waals surface area contributed by atoms with E-state index in [4.69, 9.17) is 0 Å². The Morgan fingerprint density at radius 3 is 2.50 bits per heavy atom. The van der Waals surface area contributed by atoms with Gasteiger partial charge < -0.3 is 9.88 Å². The van der Waals surface area contributed by atoms with Crippen molar-refractivity contribution >= 4 is 5.69 Å². The van der Waals surface area contributed by atoms with Crippen molar-refractivity contribution < 1.29 is 19.5 Å². The van der Waals surface area contributed by atoms with Crippen molar-refractivity contribution in [2.75, 3.05) is 19.0 Å². The predicted octanol–water partition coefficient (Wildman–Crippen LogP) is 0.945. The zero-order valence-electron chi connectivity index (χ0n) is 6.33. The topological polar surface area (TPSA) is 16.1 Å². The molecule has 0 amide bonds. The van der Waals surface area contributed by atoms with Gasteiger partial charge in [-0.05, 0) is 14.1 Å². The maximum atomic E-state index is 3.78. The second kappa shape index (κ2) is 4.40. The molecule has 1 aromatic heterocycles. The van der Waals surface area contributed by atoms with Crippen LogP contribution in [0.2, 0.25) is 0 Å². The molecule has 0 aliphatic heterocycles. The molecule has 10 heavy (non-hydrogen) atoms. The molecule has 0 atom stereocenters. The van der Waals surface area contributed by atoms with Crippen LogP contribution in [0, 0.1) is 6.20 Å². The fourth-order valence-electron chi connectivity index (χ4n) is 0.586. The first-order valence-electron chi connectivity index (χ1n) is 2.80. The molecule has 0 spiro atoms. The Hall–Kier alpha value is -0.427. The van der Waals surface area contributed by atoms with E-state index in [1.165, 1.54) is 0 Å². The molecule has 0 unspecified atom stereocenters. The van der Waals surface area contributed by atoms with E-state index < -0.39 is 0 Å². The third-order valence-corrected chi connectivity index (χ3v) is 1.12. The molecule has 0 saturated carbocycles. The average molecular weight is 187 g/mol. The van der Waals surface area contributed by atoms with Gasteiger partial charge in [-0.25, -0.2) is 0 Å². The fourth-order valence-corrected chi connectivity index (χ4v) is 0.586. The van der Waals surface area contributed by atoms with E-state index in [0.29, 0.717) is 0 Å². The third-order valence-electron chi connectivity index (χ3n) is 1.12. The van der Waals surface area contributed by atoms with E-state index in [2.05, 4.69) is 11.2 Å². The Kier molecular flexibility index (Phi) is 4.21. The molecule has 0 aliphatic rings. The summed E-state index contributed by atoms with van der Waals surface area (Å²) in [5.74, 6) is 0. The van der Waals surface area contributed by atoms with Gasteiger partial charge >= 0.3 is 0 Å². The van der Waals surface area contributed by atoms with Crippen molar-refractivity contribution in [2.24, 2.45) is 0 Å². The summed E-state index contributed by atoms with van der Waals surface area (Å²) in [7, 11) is 3.98. The first-order valence-corrected chi connectivity index (χ1v) is 2.80. The van der Waals surface area contributed by atoms with Gasteiger partial charge in [0.15, 0.2) is 0 Å².